The van der Waals surface area contributed by atoms with Crippen LogP contribution in [0.15, 0.2) is 71.7 Å². The third kappa shape index (κ3) is 4.51. The van der Waals surface area contributed by atoms with Crippen molar-refractivity contribution in [3.63, 3.8) is 0 Å². The fourth-order valence-corrected chi connectivity index (χ4v) is 4.14. The lowest BCUT2D eigenvalue weighted by molar-refractivity contribution is 0.505. The Bertz CT molecular complexity index is 1240. The molecule has 6 nitrogen and oxygen atoms in total. The Labute approximate surface area is 185 Å². The number of thiazole rings is 1. The van der Waals surface area contributed by atoms with E-state index in [9.17, 15) is 4.79 Å². The molecule has 0 saturated carbocycles. The van der Waals surface area contributed by atoms with Gasteiger partial charge in [0.15, 0.2) is 0 Å². The van der Waals surface area contributed by atoms with Crippen molar-refractivity contribution in [2.24, 2.45) is 0 Å². The van der Waals surface area contributed by atoms with Gasteiger partial charge in [-0.05, 0) is 56.3 Å². The third-order valence-corrected chi connectivity index (χ3v) is 5.95. The summed E-state index contributed by atoms with van der Waals surface area (Å²) in [5, 5.41) is 8.92. The quantitative estimate of drug-likeness (QED) is 0.441. The lowest BCUT2D eigenvalue weighted by atomic mass is 10.1. The second kappa shape index (κ2) is 8.73. The van der Waals surface area contributed by atoms with E-state index in [0.29, 0.717) is 0 Å². The van der Waals surface area contributed by atoms with Gasteiger partial charge in [-0.15, -0.1) is 11.3 Å². The zero-order chi connectivity index (χ0) is 22.0. The summed E-state index contributed by atoms with van der Waals surface area (Å²) in [6, 6.07) is 19.8. The van der Waals surface area contributed by atoms with Gasteiger partial charge in [0.2, 0.25) is 0 Å². The molecular formula is C24H25N5OS. The van der Waals surface area contributed by atoms with Crippen molar-refractivity contribution in [2.45, 2.75) is 19.9 Å². The minimum atomic E-state index is -0.0988. The third-order valence-electron chi connectivity index (χ3n) is 4.89. The van der Waals surface area contributed by atoms with Gasteiger partial charge in [0.05, 0.1) is 10.9 Å². The Morgan fingerprint density at radius 1 is 1.00 bits per heavy atom. The molecule has 2 heterocycles. The minimum Gasteiger partial charge on any atom is -0.378 e. The van der Waals surface area contributed by atoms with Gasteiger partial charge in [0.1, 0.15) is 10.7 Å². The highest BCUT2D eigenvalue weighted by molar-refractivity contribution is 7.18. The van der Waals surface area contributed by atoms with Gasteiger partial charge < -0.3 is 10.2 Å². The smallest absolute Gasteiger partial charge is 0.267 e. The summed E-state index contributed by atoms with van der Waals surface area (Å²) in [7, 11) is 4.06. The maximum Gasteiger partial charge on any atom is 0.267 e. The number of aromatic nitrogens is 3. The molecule has 0 unspecified atom stereocenters. The van der Waals surface area contributed by atoms with Gasteiger partial charge >= 0.3 is 0 Å². The first-order chi connectivity index (χ1) is 14.9. The normalized spacial score (nSPS) is 11.0. The molecule has 1 N–H and O–H groups in total. The van der Waals surface area contributed by atoms with E-state index >= 15 is 0 Å². The van der Waals surface area contributed by atoms with Gasteiger partial charge in [-0.2, -0.15) is 5.10 Å². The Morgan fingerprint density at radius 2 is 1.74 bits per heavy atom. The molecule has 0 spiro atoms. The SMILES string of the molecule is CC(C)n1nc(-c2cnc(-c3ccccc3Nc3ccc(N(C)C)cc3)s2)ccc1=O. The summed E-state index contributed by atoms with van der Waals surface area (Å²) in [6.07, 6.45) is 1.82. The first-order valence-corrected chi connectivity index (χ1v) is 10.9. The number of anilines is 3. The summed E-state index contributed by atoms with van der Waals surface area (Å²) < 4.78 is 1.50. The molecule has 31 heavy (non-hydrogen) atoms. The number of nitrogens with one attached hydrogen (secondary N) is 1. The van der Waals surface area contributed by atoms with Crippen molar-refractivity contribution in [3.8, 4) is 21.1 Å². The topological polar surface area (TPSA) is 63.1 Å². The average Bonchev–Trinajstić information content (AvgIpc) is 3.25. The van der Waals surface area contributed by atoms with Crippen LogP contribution in [0.5, 0.6) is 0 Å². The highest BCUT2D eigenvalue weighted by Crippen LogP contribution is 2.36. The highest BCUT2D eigenvalue weighted by Gasteiger charge is 2.13. The van der Waals surface area contributed by atoms with Crippen LogP contribution in [0.3, 0.4) is 0 Å². The van der Waals surface area contributed by atoms with E-state index in [-0.39, 0.29) is 11.6 Å². The van der Waals surface area contributed by atoms with Gasteiger partial charge in [-0.25, -0.2) is 9.67 Å². The van der Waals surface area contributed by atoms with Crippen molar-refractivity contribution in [1.82, 2.24) is 14.8 Å². The fourth-order valence-electron chi connectivity index (χ4n) is 3.22. The second-order valence-electron chi connectivity index (χ2n) is 7.74. The Kier molecular flexibility index (Phi) is 5.86. The van der Waals surface area contributed by atoms with Crippen LogP contribution in [0.4, 0.5) is 17.1 Å². The minimum absolute atomic E-state index is 0.00338. The molecule has 4 aromatic rings. The zero-order valence-electron chi connectivity index (χ0n) is 18.0. The number of hydrogen-bond donors (Lipinski definition) is 1. The van der Waals surface area contributed by atoms with Crippen molar-refractivity contribution >= 4 is 28.4 Å². The fraction of sp³-hybridized carbons (Fsp3) is 0.208. The summed E-state index contributed by atoms with van der Waals surface area (Å²) >= 11 is 1.56. The maximum absolute atomic E-state index is 12.0. The van der Waals surface area contributed by atoms with Crippen LogP contribution in [0.2, 0.25) is 0 Å². The van der Waals surface area contributed by atoms with Gasteiger partial charge in [-0.1, -0.05) is 12.1 Å². The monoisotopic (exact) mass is 431 g/mol. The molecule has 0 fully saturated rings. The summed E-state index contributed by atoms with van der Waals surface area (Å²) in [5.74, 6) is 0. The first-order valence-electron chi connectivity index (χ1n) is 10.1. The van der Waals surface area contributed by atoms with Gasteiger partial charge in [-0.3, -0.25) is 4.79 Å². The number of nitrogens with zero attached hydrogens (tertiary/aromatic N) is 4. The largest absolute Gasteiger partial charge is 0.378 e. The van der Waals surface area contributed by atoms with E-state index in [2.05, 4.69) is 50.6 Å². The number of hydrogen-bond acceptors (Lipinski definition) is 6. The van der Waals surface area contributed by atoms with Crippen molar-refractivity contribution in [2.75, 3.05) is 24.3 Å². The number of benzene rings is 2. The number of rotatable bonds is 6. The molecule has 0 radical (unpaired) electrons. The van der Waals surface area contributed by atoms with Crippen LogP contribution >= 0.6 is 11.3 Å². The van der Waals surface area contributed by atoms with Gasteiger partial charge in [0, 0.05) is 49.0 Å². The Hall–Kier alpha value is -3.45. The Balaban J connectivity index is 1.64. The molecule has 7 heteroatoms. The van der Waals surface area contributed by atoms with Crippen molar-refractivity contribution in [3.05, 3.63) is 77.2 Å². The predicted molar refractivity (Wildman–Crippen MR) is 129 cm³/mol. The van der Waals surface area contributed by atoms with E-state index in [4.69, 9.17) is 0 Å². The molecule has 2 aromatic heterocycles. The highest BCUT2D eigenvalue weighted by atomic mass is 32.1. The van der Waals surface area contributed by atoms with E-state index in [0.717, 1.165) is 38.2 Å². The average molecular weight is 432 g/mol. The lowest BCUT2D eigenvalue weighted by Crippen LogP contribution is -2.23. The molecule has 158 valence electrons. The van der Waals surface area contributed by atoms with Crippen LogP contribution in [0, 0.1) is 0 Å². The zero-order valence-corrected chi connectivity index (χ0v) is 18.9. The first kappa shape index (κ1) is 20.8. The summed E-state index contributed by atoms with van der Waals surface area (Å²) in [6.45, 7) is 3.90. The molecule has 4 rings (SSSR count). The molecule has 0 aliphatic heterocycles. The van der Waals surface area contributed by atoms with Crippen molar-refractivity contribution < 1.29 is 0 Å². The molecule has 0 aliphatic carbocycles. The maximum atomic E-state index is 12.0. The van der Waals surface area contributed by atoms with E-state index < -0.39 is 0 Å². The number of para-hydroxylation sites is 1. The van der Waals surface area contributed by atoms with Crippen LogP contribution in [0.1, 0.15) is 19.9 Å². The molecule has 0 atom stereocenters. The lowest BCUT2D eigenvalue weighted by Gasteiger charge is -2.14. The predicted octanol–water partition coefficient (Wildman–Crippen LogP) is 5.42. The van der Waals surface area contributed by atoms with Gasteiger partial charge in [0.25, 0.3) is 5.56 Å². The molecular weight excluding hydrogens is 406 g/mol. The molecule has 0 bridgehead atoms. The van der Waals surface area contributed by atoms with Crippen molar-refractivity contribution in [1.29, 1.82) is 0 Å². The molecule has 2 aromatic carbocycles. The van der Waals surface area contributed by atoms with E-state index in [1.165, 1.54) is 4.68 Å². The second-order valence-corrected chi connectivity index (χ2v) is 8.77. The van der Waals surface area contributed by atoms with Crippen LogP contribution < -0.4 is 15.8 Å². The van der Waals surface area contributed by atoms with Crippen LogP contribution in [-0.2, 0) is 0 Å². The molecule has 0 saturated heterocycles. The van der Waals surface area contributed by atoms with Crippen LogP contribution in [-0.4, -0.2) is 28.9 Å². The standard InChI is InChI=1S/C24H25N5OS/c1-16(2)29-23(30)14-13-21(27-29)22-15-25-24(31-22)19-7-5-6-8-20(19)26-17-9-11-18(12-10-17)28(3)4/h5-16,26H,1-4H3. The van der Waals surface area contributed by atoms with E-state index in [1.807, 2.05) is 52.3 Å². The summed E-state index contributed by atoms with van der Waals surface area (Å²) in [4.78, 5) is 19.7. The van der Waals surface area contributed by atoms with Crippen LogP contribution in [0.25, 0.3) is 21.1 Å². The molecule has 0 aliphatic rings. The van der Waals surface area contributed by atoms with E-state index in [1.54, 1.807) is 23.5 Å². The summed E-state index contributed by atoms with van der Waals surface area (Å²) in [5.41, 5.74) is 4.83. The Morgan fingerprint density at radius 3 is 2.45 bits per heavy atom. The molecule has 0 amide bonds.